The van der Waals surface area contributed by atoms with Crippen molar-refractivity contribution in [1.82, 2.24) is 0 Å². The van der Waals surface area contributed by atoms with Crippen molar-refractivity contribution >= 4 is 55.1 Å². The third-order valence-electron chi connectivity index (χ3n) is 0. The normalized spacial score (nSPS) is 12.0. The van der Waals surface area contributed by atoms with Gasteiger partial charge in [-0.1, -0.05) is 23.2 Å². The van der Waals surface area contributed by atoms with E-state index < -0.39 is 8.33 Å². The van der Waals surface area contributed by atoms with Gasteiger partial charge >= 0.3 is 3.74 Å². The molecule has 64 valence electrons. The van der Waals surface area contributed by atoms with E-state index in [0.717, 1.165) is 6.92 Å². The summed E-state index contributed by atoms with van der Waals surface area (Å²) in [6.07, 6.45) is 0. The second-order valence-corrected chi connectivity index (χ2v) is 5.88. The van der Waals surface area contributed by atoms with E-state index in [2.05, 4.69) is 23.2 Å². The van der Waals surface area contributed by atoms with Crippen LogP contribution in [0.15, 0.2) is 0 Å². The molecule has 0 rings (SSSR count). The van der Waals surface area contributed by atoms with Crippen LogP contribution >= 0.6 is 55.1 Å². The zero-order chi connectivity index (χ0) is 9.00. The summed E-state index contributed by atoms with van der Waals surface area (Å²) in [5, 5.41) is 0. The molecule has 0 spiro atoms. The van der Waals surface area contributed by atoms with Gasteiger partial charge in [-0.05, 0) is 6.92 Å². The van der Waals surface area contributed by atoms with Crippen molar-refractivity contribution in [3.63, 3.8) is 0 Å². The third kappa shape index (κ3) is 366. The minimum absolute atomic E-state index is 1.05. The highest BCUT2D eigenvalue weighted by Gasteiger charge is 2.15. The summed E-state index contributed by atoms with van der Waals surface area (Å²) in [7, 11) is 0. The third-order valence-corrected chi connectivity index (χ3v) is 0. The molecule has 0 saturated heterocycles. The molecule has 0 aliphatic heterocycles. The van der Waals surface area contributed by atoms with Gasteiger partial charge in [-0.2, -0.15) is 8.78 Å². The zero-order valence-electron chi connectivity index (χ0n) is 4.65. The van der Waals surface area contributed by atoms with Crippen molar-refractivity contribution in [2.75, 3.05) is 0 Å². The Kier molecular flexibility index (Phi) is 7.03. The quantitative estimate of drug-likeness (QED) is 0.578. The van der Waals surface area contributed by atoms with Crippen LogP contribution in [0.25, 0.3) is 0 Å². The molecule has 0 bridgehead atoms. The molecule has 0 aromatic rings. The lowest BCUT2D eigenvalue weighted by atomic mass is 10.9. The Morgan fingerprint density at radius 1 is 1.10 bits per heavy atom. The first kappa shape index (κ1) is 13.9. The Morgan fingerprint density at radius 2 is 1.10 bits per heavy atom. The van der Waals surface area contributed by atoms with Crippen molar-refractivity contribution < 1.29 is 13.2 Å². The van der Waals surface area contributed by atoms with Crippen LogP contribution in [0.5, 0.6) is 0 Å². The molecule has 0 nitrogen and oxygen atoms in total. The van der Waals surface area contributed by atoms with Gasteiger partial charge in [0.05, 0.1) is 0 Å². The molecule has 0 N–H and O–H groups in total. The molecule has 0 radical (unpaired) electrons. The summed E-state index contributed by atoms with van der Waals surface area (Å²) in [6, 6.07) is 0. The van der Waals surface area contributed by atoms with E-state index >= 15 is 0 Å². The SMILES string of the molecule is CC(F)(Cl)Cl.FC(F)(Br)Br. The van der Waals surface area contributed by atoms with Gasteiger partial charge in [-0.25, -0.2) is 4.39 Å². The molecule has 0 fully saturated rings. The van der Waals surface area contributed by atoms with Crippen LogP contribution in [-0.4, -0.2) is 8.33 Å². The molecule has 0 heterocycles. The fourth-order valence-electron chi connectivity index (χ4n) is 0. The molecule has 7 heteroatoms. The monoisotopic (exact) mass is 324 g/mol. The topological polar surface area (TPSA) is 0 Å². The standard InChI is InChI=1S/C2H3Cl2F.CBr2F2/c1-2(3,4)5;2-1(3,4)5/h1H3;. The largest absolute Gasteiger partial charge is 0.356 e. The number of hydrogen-bond donors (Lipinski definition) is 0. The number of hydrogen-bond acceptors (Lipinski definition) is 0. The number of halogens is 7. The second kappa shape index (κ2) is 5.06. The van der Waals surface area contributed by atoms with E-state index in [1.54, 1.807) is 0 Å². The van der Waals surface area contributed by atoms with E-state index in [-0.39, 0.29) is 0 Å². The summed E-state index contributed by atoms with van der Waals surface area (Å²) >= 11 is 13.2. The second-order valence-electron chi connectivity index (χ2n) is 1.21. The van der Waals surface area contributed by atoms with E-state index in [1.807, 2.05) is 31.9 Å². The van der Waals surface area contributed by atoms with Crippen molar-refractivity contribution in [2.24, 2.45) is 0 Å². The highest BCUT2D eigenvalue weighted by atomic mass is 79.9. The zero-order valence-corrected chi connectivity index (χ0v) is 9.33. The predicted molar refractivity (Wildman–Crippen MR) is 44.0 cm³/mol. The first-order valence-electron chi connectivity index (χ1n) is 1.82. The summed E-state index contributed by atoms with van der Waals surface area (Å²) in [5.41, 5.74) is 0. The van der Waals surface area contributed by atoms with Gasteiger partial charge in [0.1, 0.15) is 0 Å². The first-order valence-corrected chi connectivity index (χ1v) is 4.16. The van der Waals surface area contributed by atoms with Crippen molar-refractivity contribution in [1.29, 1.82) is 0 Å². The lowest BCUT2D eigenvalue weighted by molar-refractivity contribution is 0.229. The number of alkyl halides is 7. The van der Waals surface area contributed by atoms with Crippen LogP contribution in [0.3, 0.4) is 0 Å². The average Bonchev–Trinajstić information content (AvgIpc) is 1.12. The Bertz CT molecular complexity index is 62.7. The summed E-state index contributed by atoms with van der Waals surface area (Å²) in [4.78, 5) is 0. The molecular weight excluding hydrogens is 324 g/mol. The van der Waals surface area contributed by atoms with Crippen LogP contribution in [0.4, 0.5) is 13.2 Å². The van der Waals surface area contributed by atoms with Gasteiger partial charge in [0.25, 0.3) is 4.59 Å². The lowest BCUT2D eigenvalue weighted by Crippen LogP contribution is -1.90. The fourth-order valence-corrected chi connectivity index (χ4v) is 0. The summed E-state index contributed by atoms with van der Waals surface area (Å²) in [6.45, 7) is 1.05. The molecule has 0 amide bonds. The predicted octanol–water partition coefficient (Wildman–Crippen LogP) is 4.43. The Balaban J connectivity index is 0. The van der Waals surface area contributed by atoms with Crippen molar-refractivity contribution in [2.45, 2.75) is 15.3 Å². The maximum atomic E-state index is 11.2. The summed E-state index contributed by atoms with van der Waals surface area (Å²) < 4.78 is 28.0. The van der Waals surface area contributed by atoms with Gasteiger partial charge in [-0.3, -0.25) is 0 Å². The van der Waals surface area contributed by atoms with Gasteiger partial charge in [0.2, 0.25) is 0 Å². The lowest BCUT2D eigenvalue weighted by Gasteiger charge is -1.92. The van der Waals surface area contributed by atoms with Crippen LogP contribution in [0, 0.1) is 0 Å². The van der Waals surface area contributed by atoms with Gasteiger partial charge in [0.15, 0.2) is 0 Å². The van der Waals surface area contributed by atoms with E-state index in [9.17, 15) is 13.2 Å². The summed E-state index contributed by atoms with van der Waals surface area (Å²) in [5.74, 6) is 0. The highest BCUT2D eigenvalue weighted by molar-refractivity contribution is 9.25. The maximum Gasteiger partial charge on any atom is 0.356 e. The molecule has 0 aliphatic carbocycles. The van der Waals surface area contributed by atoms with Crippen LogP contribution in [0.2, 0.25) is 0 Å². The van der Waals surface area contributed by atoms with Gasteiger partial charge < -0.3 is 0 Å². The molecule has 0 unspecified atom stereocenters. The Labute approximate surface area is 83.3 Å². The van der Waals surface area contributed by atoms with Crippen molar-refractivity contribution in [3.05, 3.63) is 0 Å². The van der Waals surface area contributed by atoms with Gasteiger partial charge in [0, 0.05) is 31.9 Å². The Hall–Kier alpha value is 1.33. The molecule has 0 aliphatic rings. The number of rotatable bonds is 0. The molecule has 0 saturated carbocycles. The van der Waals surface area contributed by atoms with Crippen LogP contribution in [-0.2, 0) is 0 Å². The minimum Gasteiger partial charge on any atom is -0.208 e. The Morgan fingerprint density at radius 3 is 1.10 bits per heavy atom. The molecule has 0 aromatic carbocycles. The van der Waals surface area contributed by atoms with Crippen molar-refractivity contribution in [3.8, 4) is 0 Å². The van der Waals surface area contributed by atoms with E-state index in [0.29, 0.717) is 0 Å². The average molecular weight is 327 g/mol. The van der Waals surface area contributed by atoms with E-state index in [4.69, 9.17) is 0 Å². The first-order chi connectivity index (χ1) is 4.00. The fraction of sp³-hybridized carbons (Fsp3) is 1.00. The minimum atomic E-state index is -2.88. The molecular formula is C3H3Br2Cl2F3. The van der Waals surface area contributed by atoms with E-state index in [1.165, 1.54) is 0 Å². The smallest absolute Gasteiger partial charge is 0.208 e. The molecule has 0 aromatic heterocycles. The highest BCUT2D eigenvalue weighted by Crippen LogP contribution is 2.28. The van der Waals surface area contributed by atoms with Gasteiger partial charge in [-0.15, -0.1) is 0 Å². The van der Waals surface area contributed by atoms with Crippen LogP contribution < -0.4 is 0 Å². The maximum absolute atomic E-state index is 11.2. The van der Waals surface area contributed by atoms with Crippen LogP contribution in [0.1, 0.15) is 6.92 Å². The molecule has 0 atom stereocenters. The molecule has 10 heavy (non-hydrogen) atoms.